The maximum absolute atomic E-state index is 13.3. The SMILES string of the molecule is CC(=O)N1CC=C(c2cc(N3CCC[C@@H](NC(=O)c4cc(N5CCOCC5)c(C)s4)C3)c3c(N)ncnn23)C1. The molecule has 0 saturated carbocycles. The number of aryl methyl sites for hydroxylation is 1. The number of aromatic nitrogens is 3. The number of ether oxygens (including phenoxy) is 1. The fraction of sp³-hybridized carbons (Fsp3) is 0.481. The Hall–Kier alpha value is -3.64. The van der Waals surface area contributed by atoms with Crippen LogP contribution < -0.4 is 20.9 Å². The second-order valence-corrected chi connectivity index (χ2v) is 11.6. The van der Waals surface area contributed by atoms with Gasteiger partial charge in [0, 0.05) is 57.1 Å². The largest absolute Gasteiger partial charge is 0.382 e. The molecular weight excluding hydrogens is 516 g/mol. The summed E-state index contributed by atoms with van der Waals surface area (Å²) in [5, 5.41) is 7.79. The van der Waals surface area contributed by atoms with E-state index in [0.29, 0.717) is 38.7 Å². The number of fused-ring (bicyclic) bond motifs is 1. The van der Waals surface area contributed by atoms with Crippen LogP contribution in [0.5, 0.6) is 0 Å². The van der Waals surface area contributed by atoms with Gasteiger partial charge < -0.3 is 30.5 Å². The lowest BCUT2D eigenvalue weighted by molar-refractivity contribution is -0.127. The van der Waals surface area contributed by atoms with Gasteiger partial charge in [0.2, 0.25) is 5.91 Å². The average Bonchev–Trinajstić information content (AvgIpc) is 3.67. The molecule has 3 aliphatic heterocycles. The Morgan fingerprint density at radius 3 is 2.74 bits per heavy atom. The lowest BCUT2D eigenvalue weighted by Gasteiger charge is -2.34. The third-order valence-electron chi connectivity index (χ3n) is 7.82. The number of morpholine rings is 1. The first kappa shape index (κ1) is 25.6. The van der Waals surface area contributed by atoms with E-state index in [9.17, 15) is 9.59 Å². The minimum atomic E-state index is -0.0276. The van der Waals surface area contributed by atoms with Crippen molar-refractivity contribution in [2.24, 2.45) is 0 Å². The van der Waals surface area contributed by atoms with E-state index >= 15 is 0 Å². The molecule has 3 N–H and O–H groups in total. The molecule has 206 valence electrons. The van der Waals surface area contributed by atoms with Crippen LogP contribution in [-0.4, -0.2) is 89.8 Å². The zero-order valence-electron chi connectivity index (χ0n) is 22.4. The Labute approximate surface area is 231 Å². The van der Waals surface area contributed by atoms with E-state index in [1.165, 1.54) is 6.33 Å². The fourth-order valence-electron chi connectivity index (χ4n) is 5.77. The Balaban J connectivity index is 1.21. The number of hydrogen-bond acceptors (Lipinski definition) is 9. The number of carbonyl (C=O) groups excluding carboxylic acids is 2. The standard InChI is InChI=1S/C27H34N8O3S/c1-17-21(32-8-10-38-11-9-32)13-24(39-17)27(37)31-20-4-3-6-34(15-20)23-12-22(19-5-7-33(14-19)18(2)36)35-25(23)26(28)29-16-30-35/h5,12-13,16,20H,3-4,6-11,14-15H2,1-2H3,(H,31,37)(H2,28,29,30)/t20-/m1/s1. The van der Waals surface area contributed by atoms with Crippen molar-refractivity contribution in [1.29, 1.82) is 0 Å². The highest BCUT2D eigenvalue weighted by atomic mass is 32.1. The molecule has 2 fully saturated rings. The zero-order valence-corrected chi connectivity index (χ0v) is 23.2. The molecule has 0 bridgehead atoms. The molecule has 0 radical (unpaired) electrons. The minimum absolute atomic E-state index is 0.00338. The normalized spacial score (nSPS) is 20.0. The maximum Gasteiger partial charge on any atom is 0.261 e. The van der Waals surface area contributed by atoms with Gasteiger partial charge in [-0.05, 0) is 37.5 Å². The van der Waals surface area contributed by atoms with E-state index in [1.807, 2.05) is 10.6 Å². The van der Waals surface area contributed by atoms with Crippen molar-refractivity contribution in [3.8, 4) is 0 Å². The number of nitrogens with one attached hydrogen (secondary N) is 1. The number of thiophene rings is 1. The number of nitrogens with zero attached hydrogens (tertiary/aromatic N) is 6. The number of amides is 2. The zero-order chi connectivity index (χ0) is 27.1. The van der Waals surface area contributed by atoms with Gasteiger partial charge >= 0.3 is 0 Å². The molecule has 6 heterocycles. The Bertz CT molecular complexity index is 1440. The highest BCUT2D eigenvalue weighted by molar-refractivity contribution is 7.14. The molecule has 0 aliphatic carbocycles. The van der Waals surface area contributed by atoms with E-state index in [1.54, 1.807) is 23.2 Å². The predicted molar refractivity (Wildman–Crippen MR) is 152 cm³/mol. The van der Waals surface area contributed by atoms with Crippen molar-refractivity contribution in [2.45, 2.75) is 32.7 Å². The fourth-order valence-corrected chi connectivity index (χ4v) is 6.72. The first-order chi connectivity index (χ1) is 18.9. The number of nitrogen functional groups attached to an aromatic ring is 1. The van der Waals surface area contributed by atoms with E-state index in [4.69, 9.17) is 10.5 Å². The van der Waals surface area contributed by atoms with Crippen molar-refractivity contribution < 1.29 is 14.3 Å². The third kappa shape index (κ3) is 4.94. The van der Waals surface area contributed by atoms with Crippen molar-refractivity contribution >= 4 is 51.4 Å². The Morgan fingerprint density at radius 2 is 1.97 bits per heavy atom. The van der Waals surface area contributed by atoms with Gasteiger partial charge in [-0.3, -0.25) is 9.59 Å². The van der Waals surface area contributed by atoms with Gasteiger partial charge in [-0.25, -0.2) is 9.50 Å². The molecule has 39 heavy (non-hydrogen) atoms. The molecule has 3 aromatic rings. The van der Waals surface area contributed by atoms with Crippen LogP contribution in [0.3, 0.4) is 0 Å². The van der Waals surface area contributed by atoms with E-state index in [-0.39, 0.29) is 17.9 Å². The summed E-state index contributed by atoms with van der Waals surface area (Å²) in [6, 6.07) is 4.12. The van der Waals surface area contributed by atoms with Crippen LogP contribution in [0.25, 0.3) is 11.1 Å². The van der Waals surface area contributed by atoms with E-state index in [0.717, 1.165) is 70.4 Å². The van der Waals surface area contributed by atoms with Crippen LogP contribution in [-0.2, 0) is 9.53 Å². The summed E-state index contributed by atoms with van der Waals surface area (Å²) in [7, 11) is 0. The molecule has 0 aromatic carbocycles. The summed E-state index contributed by atoms with van der Waals surface area (Å²) in [6.07, 6.45) is 5.38. The highest BCUT2D eigenvalue weighted by Crippen LogP contribution is 2.35. The monoisotopic (exact) mass is 550 g/mol. The number of rotatable bonds is 5. The molecule has 0 unspecified atom stereocenters. The van der Waals surface area contributed by atoms with E-state index < -0.39 is 0 Å². The quantitative estimate of drug-likeness (QED) is 0.496. The number of nitrogens with two attached hydrogens (primary N) is 1. The van der Waals surface area contributed by atoms with E-state index in [2.05, 4.69) is 44.3 Å². The number of piperidine rings is 1. The summed E-state index contributed by atoms with van der Waals surface area (Å²) in [5.41, 5.74) is 11.1. The molecule has 2 saturated heterocycles. The van der Waals surface area contributed by atoms with Crippen molar-refractivity contribution in [2.75, 3.05) is 68.0 Å². The predicted octanol–water partition coefficient (Wildman–Crippen LogP) is 2.16. The van der Waals surface area contributed by atoms with Crippen LogP contribution in [0.1, 0.15) is 40.0 Å². The van der Waals surface area contributed by atoms with Crippen LogP contribution >= 0.6 is 11.3 Å². The maximum atomic E-state index is 13.3. The Morgan fingerprint density at radius 1 is 1.15 bits per heavy atom. The first-order valence-electron chi connectivity index (χ1n) is 13.4. The number of hydrogen-bond donors (Lipinski definition) is 2. The second kappa shape index (κ2) is 10.5. The lowest BCUT2D eigenvalue weighted by atomic mass is 10.0. The molecule has 2 amide bonds. The summed E-state index contributed by atoms with van der Waals surface area (Å²) in [4.78, 5) is 37.7. The second-order valence-electron chi connectivity index (χ2n) is 10.4. The van der Waals surface area contributed by atoms with Crippen LogP contribution in [0.4, 0.5) is 17.2 Å². The van der Waals surface area contributed by atoms with Crippen molar-refractivity contribution in [3.05, 3.63) is 40.0 Å². The first-order valence-corrected chi connectivity index (χ1v) is 14.3. The number of carbonyl (C=O) groups is 2. The molecule has 6 rings (SSSR count). The van der Waals surface area contributed by atoms with Gasteiger partial charge in [0.05, 0.1) is 35.2 Å². The molecule has 11 nitrogen and oxygen atoms in total. The summed E-state index contributed by atoms with van der Waals surface area (Å²) >= 11 is 1.55. The van der Waals surface area contributed by atoms with Gasteiger partial charge in [-0.2, -0.15) is 5.10 Å². The molecule has 3 aliphatic rings. The molecule has 1 atom stereocenters. The summed E-state index contributed by atoms with van der Waals surface area (Å²) in [6.45, 7) is 9.42. The van der Waals surface area contributed by atoms with Gasteiger partial charge in [-0.1, -0.05) is 6.08 Å². The topological polar surface area (TPSA) is 121 Å². The molecule has 0 spiro atoms. The van der Waals surface area contributed by atoms with Gasteiger partial charge in [-0.15, -0.1) is 11.3 Å². The third-order valence-corrected chi connectivity index (χ3v) is 8.86. The molecule has 12 heteroatoms. The van der Waals surface area contributed by atoms with Crippen LogP contribution in [0, 0.1) is 6.92 Å². The summed E-state index contributed by atoms with van der Waals surface area (Å²) in [5.74, 6) is 0.424. The van der Waals surface area contributed by atoms with Crippen LogP contribution in [0.15, 0.2) is 24.5 Å². The van der Waals surface area contributed by atoms with Gasteiger partial charge in [0.15, 0.2) is 5.82 Å². The van der Waals surface area contributed by atoms with Crippen LogP contribution in [0.2, 0.25) is 0 Å². The Kier molecular flexibility index (Phi) is 6.90. The highest BCUT2D eigenvalue weighted by Gasteiger charge is 2.29. The average molecular weight is 551 g/mol. The summed E-state index contributed by atoms with van der Waals surface area (Å²) < 4.78 is 7.31. The smallest absolute Gasteiger partial charge is 0.261 e. The van der Waals surface area contributed by atoms with Crippen molar-refractivity contribution in [3.63, 3.8) is 0 Å². The molecule has 3 aromatic heterocycles. The minimum Gasteiger partial charge on any atom is -0.382 e. The molecular formula is C27H34N8O3S. The number of anilines is 3. The van der Waals surface area contributed by atoms with Crippen molar-refractivity contribution in [1.82, 2.24) is 24.8 Å². The van der Waals surface area contributed by atoms with Gasteiger partial charge in [0.25, 0.3) is 5.91 Å². The lowest BCUT2D eigenvalue weighted by Crippen LogP contribution is -2.47. The van der Waals surface area contributed by atoms with Gasteiger partial charge in [0.1, 0.15) is 11.8 Å².